The van der Waals surface area contributed by atoms with E-state index in [1.807, 2.05) is 20.8 Å². The van der Waals surface area contributed by atoms with Crippen LogP contribution in [0.3, 0.4) is 0 Å². The van der Waals surface area contributed by atoms with Crippen LogP contribution >= 0.6 is 11.3 Å². The van der Waals surface area contributed by atoms with Crippen molar-refractivity contribution in [2.45, 2.75) is 52.3 Å². The first-order valence-electron chi connectivity index (χ1n) is 7.79. The molecule has 1 amide bonds. The minimum absolute atomic E-state index is 0.252. The molecule has 126 valence electrons. The number of carbonyl (C=O) groups excluding carboxylic acids is 1. The van der Waals surface area contributed by atoms with E-state index in [2.05, 4.69) is 34.7 Å². The highest BCUT2D eigenvalue weighted by molar-refractivity contribution is 7.09. The van der Waals surface area contributed by atoms with E-state index in [4.69, 9.17) is 10.5 Å². The van der Waals surface area contributed by atoms with Gasteiger partial charge in [0.1, 0.15) is 5.60 Å². The molecule has 0 radical (unpaired) electrons. The predicted octanol–water partition coefficient (Wildman–Crippen LogP) is 2.81. The number of likely N-dealkylation sites (N-methyl/N-ethyl adjacent to an activating group) is 1. The van der Waals surface area contributed by atoms with Gasteiger partial charge < -0.3 is 15.8 Å². The fourth-order valence-electron chi connectivity index (χ4n) is 2.21. The second kappa shape index (κ2) is 9.12. The number of hydrogen-bond donors (Lipinski definition) is 2. The normalized spacial score (nSPS) is 13.2. The smallest absolute Gasteiger partial charge is 0.407 e. The average Bonchev–Trinajstić information content (AvgIpc) is 2.92. The van der Waals surface area contributed by atoms with E-state index in [0.29, 0.717) is 13.1 Å². The molecule has 1 rings (SSSR count). The van der Waals surface area contributed by atoms with Crippen LogP contribution in [0.1, 0.15) is 39.0 Å². The summed E-state index contributed by atoms with van der Waals surface area (Å²) in [5.41, 5.74) is 5.45. The minimum Gasteiger partial charge on any atom is -0.444 e. The van der Waals surface area contributed by atoms with E-state index in [0.717, 1.165) is 19.5 Å². The van der Waals surface area contributed by atoms with E-state index < -0.39 is 5.60 Å². The number of alkyl carbamates (subject to hydrolysis) is 1. The third kappa shape index (κ3) is 7.24. The van der Waals surface area contributed by atoms with Crippen molar-refractivity contribution in [1.29, 1.82) is 0 Å². The molecule has 6 heteroatoms. The van der Waals surface area contributed by atoms with Crippen LogP contribution in [0.5, 0.6) is 0 Å². The molecule has 0 saturated carbocycles. The Hall–Kier alpha value is -1.11. The van der Waals surface area contributed by atoms with Gasteiger partial charge in [-0.05, 0) is 45.2 Å². The van der Waals surface area contributed by atoms with Gasteiger partial charge in [0.25, 0.3) is 0 Å². The quantitative estimate of drug-likeness (QED) is 0.770. The van der Waals surface area contributed by atoms with Crippen molar-refractivity contribution >= 4 is 17.4 Å². The maximum atomic E-state index is 11.6. The van der Waals surface area contributed by atoms with Crippen molar-refractivity contribution in [2.24, 2.45) is 5.73 Å². The second-order valence-corrected chi connectivity index (χ2v) is 7.28. The van der Waals surface area contributed by atoms with Crippen molar-refractivity contribution in [3.8, 4) is 0 Å². The lowest BCUT2D eigenvalue weighted by molar-refractivity contribution is 0.0521. The lowest BCUT2D eigenvalue weighted by atomic mass is 10.1. The fraction of sp³-hybridized carbons (Fsp3) is 0.688. The molecule has 0 fully saturated rings. The summed E-state index contributed by atoms with van der Waals surface area (Å²) >= 11 is 1.76. The molecule has 0 aromatic carbocycles. The number of nitrogens with two attached hydrogens (primary N) is 1. The molecule has 5 nitrogen and oxygen atoms in total. The molecule has 1 unspecified atom stereocenters. The molecule has 0 aliphatic carbocycles. The Morgan fingerprint density at radius 2 is 2.23 bits per heavy atom. The molecule has 1 aromatic rings. The lowest BCUT2D eigenvalue weighted by Gasteiger charge is -2.29. The van der Waals surface area contributed by atoms with E-state index >= 15 is 0 Å². The second-order valence-electron chi connectivity index (χ2n) is 6.25. The van der Waals surface area contributed by atoms with Crippen molar-refractivity contribution < 1.29 is 9.53 Å². The van der Waals surface area contributed by atoms with Crippen LogP contribution in [-0.2, 0) is 11.3 Å². The highest BCUT2D eigenvalue weighted by Crippen LogP contribution is 2.14. The van der Waals surface area contributed by atoms with E-state index in [9.17, 15) is 4.79 Å². The monoisotopic (exact) mass is 327 g/mol. The zero-order valence-electron chi connectivity index (χ0n) is 14.1. The van der Waals surface area contributed by atoms with E-state index in [1.54, 1.807) is 11.3 Å². The van der Waals surface area contributed by atoms with Crippen molar-refractivity contribution in [3.63, 3.8) is 0 Å². The summed E-state index contributed by atoms with van der Waals surface area (Å²) in [4.78, 5) is 15.3. The Morgan fingerprint density at radius 1 is 1.50 bits per heavy atom. The Morgan fingerprint density at radius 3 is 2.73 bits per heavy atom. The Kier molecular flexibility index (Phi) is 7.85. The topological polar surface area (TPSA) is 67.6 Å². The van der Waals surface area contributed by atoms with Gasteiger partial charge in [0.2, 0.25) is 0 Å². The van der Waals surface area contributed by atoms with E-state index in [1.165, 1.54) is 4.88 Å². The molecule has 0 aliphatic rings. The van der Waals surface area contributed by atoms with Crippen LogP contribution in [-0.4, -0.2) is 42.3 Å². The Bertz CT molecular complexity index is 429. The van der Waals surface area contributed by atoms with Gasteiger partial charge in [-0.3, -0.25) is 4.90 Å². The number of hydrogen-bond acceptors (Lipinski definition) is 5. The zero-order chi connectivity index (χ0) is 16.6. The third-order valence-electron chi connectivity index (χ3n) is 3.28. The van der Waals surface area contributed by atoms with Gasteiger partial charge in [0, 0.05) is 30.6 Å². The van der Waals surface area contributed by atoms with Gasteiger partial charge in [-0.1, -0.05) is 13.0 Å². The number of rotatable bonds is 8. The number of ether oxygens (including phenoxy) is 1. The fourth-order valence-corrected chi connectivity index (χ4v) is 2.94. The van der Waals surface area contributed by atoms with Gasteiger partial charge >= 0.3 is 6.09 Å². The average molecular weight is 327 g/mol. The molecule has 0 saturated heterocycles. The molecule has 1 atom stereocenters. The van der Waals surface area contributed by atoms with E-state index in [-0.39, 0.29) is 12.1 Å². The number of amides is 1. The Balaban J connectivity index is 2.41. The van der Waals surface area contributed by atoms with Crippen molar-refractivity contribution in [1.82, 2.24) is 10.2 Å². The van der Waals surface area contributed by atoms with Crippen molar-refractivity contribution in [2.75, 3.05) is 19.6 Å². The minimum atomic E-state index is -0.466. The summed E-state index contributed by atoms with van der Waals surface area (Å²) in [6.45, 7) is 10.7. The largest absolute Gasteiger partial charge is 0.444 e. The summed E-state index contributed by atoms with van der Waals surface area (Å²) in [6, 6.07) is 4.46. The zero-order valence-corrected chi connectivity index (χ0v) is 14.9. The van der Waals surface area contributed by atoms with Gasteiger partial charge in [0.15, 0.2) is 0 Å². The van der Waals surface area contributed by atoms with Crippen LogP contribution in [0.15, 0.2) is 17.5 Å². The predicted molar refractivity (Wildman–Crippen MR) is 92.1 cm³/mol. The van der Waals surface area contributed by atoms with Crippen molar-refractivity contribution in [3.05, 3.63) is 22.4 Å². The number of nitrogens with zero attached hydrogens (tertiary/aromatic N) is 1. The van der Waals surface area contributed by atoms with Crippen LogP contribution in [0.25, 0.3) is 0 Å². The first-order chi connectivity index (χ1) is 10.4. The first kappa shape index (κ1) is 18.9. The summed E-state index contributed by atoms with van der Waals surface area (Å²) in [5, 5.41) is 4.89. The van der Waals surface area contributed by atoms with Crippen LogP contribution in [0.2, 0.25) is 0 Å². The number of thiophene rings is 1. The summed E-state index contributed by atoms with van der Waals surface area (Å²) in [5.74, 6) is 0. The lowest BCUT2D eigenvalue weighted by Crippen LogP contribution is -2.42. The summed E-state index contributed by atoms with van der Waals surface area (Å²) in [6.07, 6.45) is 0.444. The van der Waals surface area contributed by atoms with Crippen LogP contribution < -0.4 is 11.1 Å². The Labute approximate surface area is 137 Å². The standard InChI is InChI=1S/C16H29N3O2S/c1-5-19(12-14-7-6-10-22-14)13(11-17)8-9-18-15(20)21-16(2,3)4/h6-7,10,13H,5,8-9,11-12,17H2,1-4H3,(H,18,20). The number of nitrogens with one attached hydrogen (secondary N) is 1. The SMILES string of the molecule is CCN(Cc1cccs1)C(CN)CCNC(=O)OC(C)(C)C. The molecule has 1 heterocycles. The summed E-state index contributed by atoms with van der Waals surface area (Å²) < 4.78 is 5.23. The number of carbonyl (C=O) groups is 1. The molecule has 0 aliphatic heterocycles. The van der Waals surface area contributed by atoms with Crippen LogP contribution in [0.4, 0.5) is 4.79 Å². The van der Waals surface area contributed by atoms with Crippen LogP contribution in [0, 0.1) is 0 Å². The van der Waals surface area contributed by atoms with Gasteiger partial charge in [-0.2, -0.15) is 0 Å². The molecule has 0 spiro atoms. The molecule has 0 bridgehead atoms. The maximum Gasteiger partial charge on any atom is 0.407 e. The van der Waals surface area contributed by atoms with Gasteiger partial charge in [0.05, 0.1) is 0 Å². The third-order valence-corrected chi connectivity index (χ3v) is 4.14. The van der Waals surface area contributed by atoms with Gasteiger partial charge in [-0.15, -0.1) is 11.3 Å². The van der Waals surface area contributed by atoms with Gasteiger partial charge in [-0.25, -0.2) is 4.79 Å². The molecular formula is C16H29N3O2S. The highest BCUT2D eigenvalue weighted by atomic mass is 32.1. The maximum absolute atomic E-state index is 11.6. The molecule has 3 N–H and O–H groups in total. The highest BCUT2D eigenvalue weighted by Gasteiger charge is 2.18. The summed E-state index contributed by atoms with van der Waals surface area (Å²) in [7, 11) is 0. The molecular weight excluding hydrogens is 298 g/mol. The molecule has 1 aromatic heterocycles. The first-order valence-corrected chi connectivity index (χ1v) is 8.67. The molecule has 22 heavy (non-hydrogen) atoms.